The number of rotatable bonds is 13. The Kier molecular flexibility index (Phi) is 9.80. The maximum Gasteiger partial charge on any atom is 0.433 e. The molecule has 47 heavy (non-hydrogen) atoms. The first-order valence-corrected chi connectivity index (χ1v) is 15.4. The lowest BCUT2D eigenvalue weighted by molar-refractivity contribution is -0.143. The fourth-order valence-electron chi connectivity index (χ4n) is 5.43. The van der Waals surface area contributed by atoms with Gasteiger partial charge in [-0.15, -0.1) is 0 Å². The van der Waals surface area contributed by atoms with Gasteiger partial charge in [0.1, 0.15) is 16.9 Å². The van der Waals surface area contributed by atoms with Crippen molar-refractivity contribution in [2.24, 2.45) is 5.41 Å². The summed E-state index contributed by atoms with van der Waals surface area (Å²) >= 11 is 0. The van der Waals surface area contributed by atoms with E-state index in [0.29, 0.717) is 48.8 Å². The summed E-state index contributed by atoms with van der Waals surface area (Å²) in [7, 11) is 3.49. The number of esters is 1. The Hall–Kier alpha value is -4.59. The van der Waals surface area contributed by atoms with Crippen LogP contribution in [0.2, 0.25) is 0 Å². The van der Waals surface area contributed by atoms with Crippen molar-refractivity contribution in [2.75, 3.05) is 44.1 Å². The zero-order valence-electron chi connectivity index (χ0n) is 27.0. The zero-order valence-corrected chi connectivity index (χ0v) is 27.0. The lowest BCUT2D eigenvalue weighted by Crippen LogP contribution is -2.34. The Labute approximate surface area is 270 Å². The molecule has 0 bridgehead atoms. The molecule has 0 atom stereocenters. The number of fused-ring (bicyclic) bond motifs is 1. The number of carbonyl (C=O) groups excluding carboxylic acids is 2. The lowest BCUT2D eigenvalue weighted by Gasteiger charge is -2.31. The van der Waals surface area contributed by atoms with Crippen LogP contribution in [0.15, 0.2) is 36.5 Å². The van der Waals surface area contributed by atoms with Gasteiger partial charge in [0.05, 0.1) is 24.6 Å². The molecule has 1 aliphatic rings. The van der Waals surface area contributed by atoms with E-state index in [9.17, 15) is 22.8 Å². The van der Waals surface area contributed by atoms with Gasteiger partial charge in [0.15, 0.2) is 5.65 Å². The summed E-state index contributed by atoms with van der Waals surface area (Å²) in [6, 6.07) is 7.65. The predicted molar refractivity (Wildman–Crippen MR) is 170 cm³/mol. The van der Waals surface area contributed by atoms with E-state index in [1.165, 1.54) is 6.20 Å². The van der Waals surface area contributed by atoms with E-state index in [1.54, 1.807) is 38.3 Å². The van der Waals surface area contributed by atoms with Crippen LogP contribution in [-0.4, -0.2) is 70.7 Å². The molecule has 2 N–H and O–H groups in total. The van der Waals surface area contributed by atoms with Crippen LogP contribution < -0.4 is 10.2 Å². The number of nitrogens with zero attached hydrogens (tertiary/aromatic N) is 5. The molecule has 250 valence electrons. The normalized spacial score (nSPS) is 13.5. The Bertz CT molecular complexity index is 1750. The highest BCUT2D eigenvalue weighted by molar-refractivity contribution is 6.03. The summed E-state index contributed by atoms with van der Waals surface area (Å²) in [5.41, 5.74) is 1.96. The van der Waals surface area contributed by atoms with E-state index in [0.717, 1.165) is 24.5 Å². The molecular formula is C33H38F3N7O4. The number of amides is 1. The van der Waals surface area contributed by atoms with Crippen molar-refractivity contribution in [1.82, 2.24) is 24.9 Å². The molecule has 0 aromatic carbocycles. The summed E-state index contributed by atoms with van der Waals surface area (Å²) in [5, 5.41) is 2.71. The van der Waals surface area contributed by atoms with Gasteiger partial charge in [0.2, 0.25) is 5.95 Å². The standard InChI is InChI=1S/C33H38F3N7O4/c1-6-47-27(44)12-8-19-7-11-22(37-16-19)30(45)42-31-40-28-25(43(4)17-32(2,3)18-46-5)15-24(39-29(28)41-31)21-13-23(20-9-10-20)38-26(14-21)33(34,35)36/h7,11,13-16,20H,6,8-10,12,17-18H2,1-5H3,(H2,39,40,41,42,45). The molecule has 4 aromatic rings. The van der Waals surface area contributed by atoms with Crippen molar-refractivity contribution in [2.45, 2.75) is 58.5 Å². The number of alkyl halides is 3. The van der Waals surface area contributed by atoms with Gasteiger partial charge in [-0.2, -0.15) is 18.2 Å². The fourth-order valence-corrected chi connectivity index (χ4v) is 5.43. The Morgan fingerprint density at radius 2 is 1.87 bits per heavy atom. The molecule has 14 heteroatoms. The van der Waals surface area contributed by atoms with Gasteiger partial charge >= 0.3 is 12.1 Å². The van der Waals surface area contributed by atoms with Crippen LogP contribution in [0.5, 0.6) is 0 Å². The highest BCUT2D eigenvalue weighted by atomic mass is 19.4. The zero-order chi connectivity index (χ0) is 33.9. The maximum absolute atomic E-state index is 13.9. The second-order valence-corrected chi connectivity index (χ2v) is 12.5. The number of carbonyl (C=O) groups is 2. The number of aryl methyl sites for hydroxylation is 1. The van der Waals surface area contributed by atoms with Crippen LogP contribution in [0.3, 0.4) is 0 Å². The van der Waals surface area contributed by atoms with Crippen molar-refractivity contribution in [1.29, 1.82) is 0 Å². The van der Waals surface area contributed by atoms with Crippen LogP contribution >= 0.6 is 0 Å². The van der Waals surface area contributed by atoms with Gasteiger partial charge in [-0.1, -0.05) is 19.9 Å². The number of pyridine rings is 3. The predicted octanol–water partition coefficient (Wildman–Crippen LogP) is 6.17. The quantitative estimate of drug-likeness (QED) is 0.163. The Morgan fingerprint density at radius 1 is 1.11 bits per heavy atom. The molecular weight excluding hydrogens is 615 g/mol. The van der Waals surface area contributed by atoms with Crippen molar-refractivity contribution >= 4 is 34.7 Å². The largest absolute Gasteiger partial charge is 0.466 e. The van der Waals surface area contributed by atoms with Crippen LogP contribution in [0.4, 0.5) is 24.8 Å². The number of imidazole rings is 1. The molecule has 0 spiro atoms. The van der Waals surface area contributed by atoms with Gasteiger partial charge in [-0.05, 0) is 56.0 Å². The minimum Gasteiger partial charge on any atom is -0.466 e. The molecule has 1 amide bonds. The average Bonchev–Trinajstić information content (AvgIpc) is 3.78. The first-order valence-electron chi connectivity index (χ1n) is 15.4. The van der Waals surface area contributed by atoms with Gasteiger partial charge in [0.25, 0.3) is 5.91 Å². The summed E-state index contributed by atoms with van der Waals surface area (Å²) in [4.78, 5) is 47.1. The van der Waals surface area contributed by atoms with Gasteiger partial charge < -0.3 is 19.4 Å². The third-order valence-electron chi connectivity index (χ3n) is 7.69. The van der Waals surface area contributed by atoms with Crippen molar-refractivity contribution < 1.29 is 32.2 Å². The fraction of sp³-hybridized carbons (Fsp3) is 0.455. The molecule has 1 aliphatic carbocycles. The number of ether oxygens (including phenoxy) is 2. The van der Waals surface area contributed by atoms with Crippen molar-refractivity contribution in [3.63, 3.8) is 0 Å². The van der Waals surface area contributed by atoms with Crippen molar-refractivity contribution in [3.8, 4) is 11.3 Å². The smallest absolute Gasteiger partial charge is 0.433 e. The molecule has 11 nitrogen and oxygen atoms in total. The van der Waals surface area contributed by atoms with Gasteiger partial charge in [-0.3, -0.25) is 19.9 Å². The molecule has 4 aromatic heterocycles. The number of anilines is 2. The molecule has 0 radical (unpaired) electrons. The van der Waals surface area contributed by atoms with Gasteiger partial charge in [0, 0.05) is 55.9 Å². The number of nitrogens with one attached hydrogen (secondary N) is 2. The first kappa shape index (κ1) is 33.8. The maximum atomic E-state index is 13.9. The number of methoxy groups -OCH3 is 1. The second kappa shape index (κ2) is 13.6. The molecule has 4 heterocycles. The lowest BCUT2D eigenvalue weighted by atomic mass is 9.94. The number of H-pyrrole nitrogens is 1. The number of hydrogen-bond acceptors (Lipinski definition) is 9. The molecule has 1 saturated carbocycles. The van der Waals surface area contributed by atoms with E-state index in [4.69, 9.17) is 9.47 Å². The SMILES string of the molecule is CCOC(=O)CCc1ccc(C(=O)Nc2nc3nc(-c4cc(C5CC5)nc(C(F)(F)F)c4)cc(N(C)CC(C)(C)COC)c3[nH]2)nc1. The number of aromatic amines is 1. The molecule has 0 aliphatic heterocycles. The Morgan fingerprint density at radius 3 is 2.51 bits per heavy atom. The van der Waals surface area contributed by atoms with E-state index < -0.39 is 17.8 Å². The van der Waals surface area contributed by atoms with Crippen LogP contribution in [0.1, 0.15) is 73.4 Å². The van der Waals surface area contributed by atoms with E-state index in [1.807, 2.05) is 25.8 Å². The minimum atomic E-state index is -4.62. The highest BCUT2D eigenvalue weighted by Gasteiger charge is 2.36. The second-order valence-electron chi connectivity index (χ2n) is 12.5. The van der Waals surface area contributed by atoms with Crippen LogP contribution in [0.25, 0.3) is 22.4 Å². The third-order valence-corrected chi connectivity index (χ3v) is 7.69. The van der Waals surface area contributed by atoms with Gasteiger partial charge in [-0.25, -0.2) is 9.97 Å². The molecule has 0 saturated heterocycles. The van der Waals surface area contributed by atoms with E-state index in [-0.39, 0.29) is 46.6 Å². The van der Waals surface area contributed by atoms with Crippen LogP contribution in [0, 0.1) is 5.41 Å². The highest BCUT2D eigenvalue weighted by Crippen LogP contribution is 2.42. The summed E-state index contributed by atoms with van der Waals surface area (Å²) in [6.45, 7) is 7.14. The summed E-state index contributed by atoms with van der Waals surface area (Å²) in [6.07, 6.45) is -0.896. The van der Waals surface area contributed by atoms with Crippen LogP contribution in [-0.2, 0) is 26.9 Å². The summed E-state index contributed by atoms with van der Waals surface area (Å²) in [5.74, 6) is -0.756. The number of hydrogen-bond donors (Lipinski definition) is 2. The Balaban J connectivity index is 1.48. The number of aromatic nitrogens is 5. The molecule has 0 unspecified atom stereocenters. The topological polar surface area (TPSA) is 135 Å². The first-order chi connectivity index (χ1) is 22.3. The summed E-state index contributed by atoms with van der Waals surface area (Å²) < 4.78 is 51.9. The molecule has 5 rings (SSSR count). The molecule has 1 fully saturated rings. The minimum absolute atomic E-state index is 0.00999. The third kappa shape index (κ3) is 8.42. The van der Waals surface area contributed by atoms with E-state index in [2.05, 4.69) is 30.2 Å². The van der Waals surface area contributed by atoms with Crippen molar-refractivity contribution in [3.05, 3.63) is 59.2 Å². The monoisotopic (exact) mass is 653 g/mol. The average molecular weight is 654 g/mol. The number of halogens is 3. The van der Waals surface area contributed by atoms with E-state index >= 15 is 0 Å².